The third-order valence-corrected chi connectivity index (χ3v) is 4.50. The fourth-order valence-electron chi connectivity index (χ4n) is 3.12. The first-order chi connectivity index (χ1) is 12.6. The van der Waals surface area contributed by atoms with E-state index in [9.17, 15) is 4.79 Å². The topological polar surface area (TPSA) is 54.5 Å². The Morgan fingerprint density at radius 2 is 1.92 bits per heavy atom. The minimum absolute atomic E-state index is 0.00292. The molecule has 7 heteroatoms. The Balaban J connectivity index is 2.04. The minimum Gasteiger partial charge on any atom is -0.493 e. The fraction of sp³-hybridized carbons (Fsp3) is 0.632. The van der Waals surface area contributed by atoms with Crippen molar-refractivity contribution >= 4 is 6.03 Å². The van der Waals surface area contributed by atoms with Gasteiger partial charge in [0.1, 0.15) is 0 Å². The van der Waals surface area contributed by atoms with Crippen LogP contribution in [0.4, 0.5) is 4.79 Å². The summed E-state index contributed by atoms with van der Waals surface area (Å²) in [5.41, 5.74) is 0.938. The molecular formula is C19H31N3O4. The molecule has 146 valence electrons. The number of hydrogen-bond donors (Lipinski definition) is 0. The van der Waals surface area contributed by atoms with Gasteiger partial charge in [-0.05, 0) is 12.5 Å². The van der Waals surface area contributed by atoms with Gasteiger partial charge in [0.05, 0.1) is 34.0 Å². The number of carbonyl (C=O) groups is 1. The molecule has 0 atom stereocenters. The second kappa shape index (κ2) is 10.2. The summed E-state index contributed by atoms with van der Waals surface area (Å²) in [7, 11) is 6.80. The maximum atomic E-state index is 12.6. The molecule has 2 amide bonds. The van der Waals surface area contributed by atoms with Crippen LogP contribution in [-0.4, -0.2) is 88.4 Å². The van der Waals surface area contributed by atoms with Gasteiger partial charge < -0.3 is 24.0 Å². The Morgan fingerprint density at radius 1 is 1.19 bits per heavy atom. The molecule has 7 nitrogen and oxygen atoms in total. The van der Waals surface area contributed by atoms with Gasteiger partial charge >= 0.3 is 6.03 Å². The quantitative estimate of drug-likeness (QED) is 0.704. The highest BCUT2D eigenvalue weighted by molar-refractivity contribution is 5.74. The lowest BCUT2D eigenvalue weighted by atomic mass is 10.1. The molecule has 1 heterocycles. The molecule has 1 aromatic rings. The highest BCUT2D eigenvalue weighted by atomic mass is 16.5. The van der Waals surface area contributed by atoms with E-state index >= 15 is 0 Å². The van der Waals surface area contributed by atoms with Crippen molar-refractivity contribution in [1.29, 1.82) is 0 Å². The lowest BCUT2D eigenvalue weighted by Gasteiger charge is -2.30. The minimum atomic E-state index is -0.00292. The number of amides is 2. The fourth-order valence-corrected chi connectivity index (χ4v) is 3.12. The molecule has 2 rings (SSSR count). The number of nitrogens with zero attached hydrogens (tertiary/aromatic N) is 3. The van der Waals surface area contributed by atoms with Crippen LogP contribution in [0.1, 0.15) is 12.0 Å². The molecule has 0 bridgehead atoms. The largest absolute Gasteiger partial charge is 0.493 e. The third kappa shape index (κ3) is 5.51. The van der Waals surface area contributed by atoms with Crippen molar-refractivity contribution in [3.8, 4) is 11.5 Å². The molecule has 0 aromatic heterocycles. The molecule has 1 fully saturated rings. The van der Waals surface area contributed by atoms with E-state index in [4.69, 9.17) is 14.2 Å². The second-order valence-corrected chi connectivity index (χ2v) is 6.56. The number of morpholine rings is 1. The zero-order chi connectivity index (χ0) is 18.9. The molecule has 0 spiro atoms. The number of urea groups is 1. The molecule has 0 unspecified atom stereocenters. The normalized spacial score (nSPS) is 14.8. The SMILES string of the molecule is COc1cccc(CN(CCCN2CCOCC2)C(=O)N(C)C)c1OC. The summed E-state index contributed by atoms with van der Waals surface area (Å²) in [6.07, 6.45) is 0.922. The molecule has 1 aromatic carbocycles. The predicted octanol–water partition coefficient (Wildman–Crippen LogP) is 1.91. The number of benzene rings is 1. The number of ether oxygens (including phenoxy) is 3. The lowest BCUT2D eigenvalue weighted by molar-refractivity contribution is 0.0362. The van der Waals surface area contributed by atoms with Crippen LogP contribution in [0.15, 0.2) is 18.2 Å². The smallest absolute Gasteiger partial charge is 0.319 e. The zero-order valence-electron chi connectivity index (χ0n) is 16.4. The second-order valence-electron chi connectivity index (χ2n) is 6.56. The Morgan fingerprint density at radius 3 is 2.54 bits per heavy atom. The molecule has 0 N–H and O–H groups in total. The van der Waals surface area contributed by atoms with Crippen molar-refractivity contribution in [3.63, 3.8) is 0 Å². The first-order valence-electron chi connectivity index (χ1n) is 9.03. The predicted molar refractivity (Wildman–Crippen MR) is 101 cm³/mol. The number of para-hydroxylation sites is 1. The van der Waals surface area contributed by atoms with Crippen LogP contribution >= 0.6 is 0 Å². The van der Waals surface area contributed by atoms with E-state index in [-0.39, 0.29) is 6.03 Å². The number of rotatable bonds is 8. The van der Waals surface area contributed by atoms with Crippen LogP contribution in [0.2, 0.25) is 0 Å². The summed E-state index contributed by atoms with van der Waals surface area (Å²) in [5.74, 6) is 1.36. The van der Waals surface area contributed by atoms with Gasteiger partial charge in [0.25, 0.3) is 0 Å². The maximum absolute atomic E-state index is 12.6. The van der Waals surface area contributed by atoms with Crippen molar-refractivity contribution in [2.24, 2.45) is 0 Å². The molecule has 1 aliphatic heterocycles. The molecule has 0 radical (unpaired) electrons. The Hall–Kier alpha value is -1.99. The van der Waals surface area contributed by atoms with Gasteiger partial charge in [0.15, 0.2) is 11.5 Å². The molecule has 0 saturated carbocycles. The average molecular weight is 365 g/mol. The highest BCUT2D eigenvalue weighted by Crippen LogP contribution is 2.31. The van der Waals surface area contributed by atoms with Crippen molar-refractivity contribution in [3.05, 3.63) is 23.8 Å². The van der Waals surface area contributed by atoms with Gasteiger partial charge in [-0.15, -0.1) is 0 Å². The van der Waals surface area contributed by atoms with Crippen LogP contribution in [0.3, 0.4) is 0 Å². The Bertz CT molecular complexity index is 574. The van der Waals surface area contributed by atoms with Gasteiger partial charge in [-0.1, -0.05) is 12.1 Å². The number of methoxy groups -OCH3 is 2. The van der Waals surface area contributed by atoms with Gasteiger partial charge in [-0.2, -0.15) is 0 Å². The van der Waals surface area contributed by atoms with Crippen molar-refractivity contribution in [2.75, 3.05) is 67.7 Å². The highest BCUT2D eigenvalue weighted by Gasteiger charge is 2.20. The number of hydrogen-bond acceptors (Lipinski definition) is 5. The van der Waals surface area contributed by atoms with E-state index in [1.165, 1.54) is 0 Å². The lowest BCUT2D eigenvalue weighted by Crippen LogP contribution is -2.41. The van der Waals surface area contributed by atoms with E-state index in [2.05, 4.69) is 4.90 Å². The summed E-state index contributed by atoms with van der Waals surface area (Å²) >= 11 is 0. The molecule has 1 aliphatic rings. The zero-order valence-corrected chi connectivity index (χ0v) is 16.4. The van der Waals surface area contributed by atoms with Crippen LogP contribution in [0, 0.1) is 0 Å². The molecule has 1 saturated heterocycles. The molecular weight excluding hydrogens is 334 g/mol. The van der Waals surface area contributed by atoms with Gasteiger partial charge in [-0.3, -0.25) is 4.90 Å². The van der Waals surface area contributed by atoms with Gasteiger partial charge in [0, 0.05) is 45.8 Å². The summed E-state index contributed by atoms with van der Waals surface area (Å²) in [6, 6.07) is 5.75. The van der Waals surface area contributed by atoms with Crippen molar-refractivity contribution in [1.82, 2.24) is 14.7 Å². The van der Waals surface area contributed by atoms with Crippen LogP contribution in [0.25, 0.3) is 0 Å². The molecule has 0 aliphatic carbocycles. The van der Waals surface area contributed by atoms with Crippen molar-refractivity contribution < 1.29 is 19.0 Å². The van der Waals surface area contributed by atoms with Crippen LogP contribution < -0.4 is 9.47 Å². The Labute approximate surface area is 156 Å². The van der Waals surface area contributed by atoms with E-state index < -0.39 is 0 Å². The summed E-state index contributed by atoms with van der Waals surface area (Å²) in [5, 5.41) is 0. The first-order valence-corrected chi connectivity index (χ1v) is 9.03. The van der Waals surface area contributed by atoms with E-state index in [0.29, 0.717) is 24.6 Å². The van der Waals surface area contributed by atoms with Gasteiger partial charge in [-0.25, -0.2) is 4.79 Å². The first kappa shape index (κ1) is 20.3. The Kier molecular flexibility index (Phi) is 8.00. The monoisotopic (exact) mass is 365 g/mol. The number of carbonyl (C=O) groups excluding carboxylic acids is 1. The summed E-state index contributed by atoms with van der Waals surface area (Å²) in [4.78, 5) is 18.5. The van der Waals surface area contributed by atoms with Gasteiger partial charge in [0.2, 0.25) is 0 Å². The summed E-state index contributed by atoms with van der Waals surface area (Å²) < 4.78 is 16.3. The average Bonchev–Trinajstić information content (AvgIpc) is 2.67. The standard InChI is InChI=1S/C19H31N3O4/c1-20(2)19(23)22(10-6-9-21-11-13-26-14-12-21)15-16-7-5-8-17(24-3)18(16)25-4/h5,7-8H,6,9-15H2,1-4H3. The van der Waals surface area contributed by atoms with Crippen molar-refractivity contribution in [2.45, 2.75) is 13.0 Å². The van der Waals surface area contributed by atoms with E-state index in [1.807, 2.05) is 23.1 Å². The van der Waals surface area contributed by atoms with Crippen LogP contribution in [-0.2, 0) is 11.3 Å². The molecule has 26 heavy (non-hydrogen) atoms. The van der Waals surface area contributed by atoms with E-state index in [0.717, 1.165) is 44.8 Å². The van der Waals surface area contributed by atoms with E-state index in [1.54, 1.807) is 33.2 Å². The summed E-state index contributed by atoms with van der Waals surface area (Å²) in [6.45, 7) is 5.66. The maximum Gasteiger partial charge on any atom is 0.319 e. The van der Waals surface area contributed by atoms with Crippen LogP contribution in [0.5, 0.6) is 11.5 Å². The third-order valence-electron chi connectivity index (χ3n) is 4.50.